The lowest BCUT2D eigenvalue weighted by Gasteiger charge is -2.25. The average Bonchev–Trinajstić information content (AvgIpc) is 3.07. The molecule has 1 amide bonds. The number of methoxy groups -OCH3 is 1. The second-order valence-corrected chi connectivity index (χ2v) is 8.00. The van der Waals surface area contributed by atoms with E-state index in [4.69, 9.17) is 14.2 Å². The van der Waals surface area contributed by atoms with Crippen LogP contribution in [0.5, 0.6) is 11.5 Å². The number of ether oxygens (including phenoxy) is 3. The van der Waals surface area contributed by atoms with E-state index in [0.29, 0.717) is 48.8 Å². The molecule has 1 heterocycles. The Bertz CT molecular complexity index is 1010. The first-order valence-electron chi connectivity index (χ1n) is 11.1. The van der Waals surface area contributed by atoms with Crippen molar-refractivity contribution in [3.8, 4) is 11.5 Å². The highest BCUT2D eigenvalue weighted by Gasteiger charge is 2.45. The van der Waals surface area contributed by atoms with E-state index in [1.807, 2.05) is 32.9 Å². The molecule has 0 bridgehead atoms. The molecule has 33 heavy (non-hydrogen) atoms. The number of Topliss-reactive ketones (excluding diaryl/α,β-unsaturated/α-hetero) is 1. The van der Waals surface area contributed by atoms with Gasteiger partial charge in [0.15, 0.2) is 0 Å². The van der Waals surface area contributed by atoms with Crippen molar-refractivity contribution in [1.29, 1.82) is 0 Å². The van der Waals surface area contributed by atoms with E-state index in [1.165, 1.54) is 12.0 Å². The van der Waals surface area contributed by atoms with Crippen molar-refractivity contribution >= 4 is 17.4 Å². The summed E-state index contributed by atoms with van der Waals surface area (Å²) in [6, 6.07) is 13.3. The normalized spacial score (nSPS) is 17.6. The van der Waals surface area contributed by atoms with Crippen molar-refractivity contribution in [1.82, 2.24) is 4.90 Å². The molecule has 0 radical (unpaired) electrons. The topological polar surface area (TPSA) is 85.3 Å². The SMILES string of the molecule is CCOc1ccc(C2/C(=C(/O)c3cccc(OC)c3)C(=O)C(=O)N2CCCOC(C)C)cc1. The number of benzene rings is 2. The number of ketones is 1. The van der Waals surface area contributed by atoms with Gasteiger partial charge in [-0.3, -0.25) is 9.59 Å². The summed E-state index contributed by atoms with van der Waals surface area (Å²) in [6.07, 6.45) is 0.646. The van der Waals surface area contributed by atoms with Crippen LogP contribution in [0.3, 0.4) is 0 Å². The highest BCUT2D eigenvalue weighted by atomic mass is 16.5. The Morgan fingerprint density at radius 1 is 1.09 bits per heavy atom. The minimum atomic E-state index is -0.717. The minimum absolute atomic E-state index is 0.0576. The van der Waals surface area contributed by atoms with Gasteiger partial charge in [-0.1, -0.05) is 24.3 Å². The summed E-state index contributed by atoms with van der Waals surface area (Å²) < 4.78 is 16.4. The average molecular weight is 454 g/mol. The molecule has 1 unspecified atom stereocenters. The highest BCUT2D eigenvalue weighted by Crippen LogP contribution is 2.40. The van der Waals surface area contributed by atoms with E-state index < -0.39 is 17.7 Å². The van der Waals surface area contributed by atoms with Gasteiger partial charge in [-0.05, 0) is 57.0 Å². The maximum Gasteiger partial charge on any atom is 0.295 e. The van der Waals surface area contributed by atoms with Crippen molar-refractivity contribution < 1.29 is 28.9 Å². The lowest BCUT2D eigenvalue weighted by molar-refractivity contribution is -0.140. The van der Waals surface area contributed by atoms with E-state index in [0.717, 1.165) is 0 Å². The van der Waals surface area contributed by atoms with E-state index in [9.17, 15) is 14.7 Å². The summed E-state index contributed by atoms with van der Waals surface area (Å²) in [5, 5.41) is 11.1. The molecule has 0 aromatic heterocycles. The standard InChI is InChI=1S/C26H31NO6/c1-5-32-20-12-10-18(11-13-20)23-22(24(28)19-8-6-9-21(16-19)31-4)25(29)26(30)27(23)14-7-15-33-17(2)3/h6,8-13,16-17,23,28H,5,7,14-15H2,1-4H3/b24-22-. The molecular formula is C26H31NO6. The first kappa shape index (κ1) is 24.3. The van der Waals surface area contributed by atoms with Crippen LogP contribution in [0.2, 0.25) is 0 Å². The summed E-state index contributed by atoms with van der Waals surface area (Å²) in [4.78, 5) is 27.6. The lowest BCUT2D eigenvalue weighted by Crippen LogP contribution is -2.31. The number of rotatable bonds is 10. The molecule has 1 atom stereocenters. The van der Waals surface area contributed by atoms with Crippen LogP contribution in [0.1, 0.15) is 44.4 Å². The van der Waals surface area contributed by atoms with E-state index >= 15 is 0 Å². The molecule has 7 heteroatoms. The van der Waals surface area contributed by atoms with Crippen LogP contribution >= 0.6 is 0 Å². The third-order valence-corrected chi connectivity index (χ3v) is 5.38. The minimum Gasteiger partial charge on any atom is -0.507 e. The van der Waals surface area contributed by atoms with E-state index in [-0.39, 0.29) is 17.4 Å². The second-order valence-electron chi connectivity index (χ2n) is 8.00. The van der Waals surface area contributed by atoms with Gasteiger partial charge < -0.3 is 24.2 Å². The summed E-state index contributed by atoms with van der Waals surface area (Å²) in [7, 11) is 1.53. The fourth-order valence-corrected chi connectivity index (χ4v) is 3.85. The maximum absolute atomic E-state index is 13.1. The largest absolute Gasteiger partial charge is 0.507 e. The molecule has 0 spiro atoms. The van der Waals surface area contributed by atoms with Gasteiger partial charge in [0.2, 0.25) is 0 Å². The van der Waals surface area contributed by atoms with Crippen molar-refractivity contribution in [2.24, 2.45) is 0 Å². The van der Waals surface area contributed by atoms with Crippen LogP contribution < -0.4 is 9.47 Å². The number of hydrogen-bond donors (Lipinski definition) is 1. The Balaban J connectivity index is 2.03. The van der Waals surface area contributed by atoms with Crippen molar-refractivity contribution in [3.05, 3.63) is 65.2 Å². The Morgan fingerprint density at radius 2 is 1.82 bits per heavy atom. The molecule has 0 aliphatic carbocycles. The molecule has 2 aromatic carbocycles. The van der Waals surface area contributed by atoms with Crippen molar-refractivity contribution in [2.75, 3.05) is 26.9 Å². The van der Waals surface area contributed by atoms with Crippen molar-refractivity contribution in [3.63, 3.8) is 0 Å². The zero-order chi connectivity index (χ0) is 24.0. The first-order valence-corrected chi connectivity index (χ1v) is 11.1. The zero-order valence-electron chi connectivity index (χ0n) is 19.5. The van der Waals surface area contributed by atoms with E-state index in [2.05, 4.69) is 0 Å². The molecule has 1 saturated heterocycles. The van der Waals surface area contributed by atoms with Gasteiger partial charge in [-0.25, -0.2) is 0 Å². The quantitative estimate of drug-likeness (QED) is 0.249. The van der Waals surface area contributed by atoms with Gasteiger partial charge in [0.25, 0.3) is 11.7 Å². The Labute approximate surface area is 194 Å². The summed E-state index contributed by atoms with van der Waals surface area (Å²) >= 11 is 0. The number of amides is 1. The van der Waals surface area contributed by atoms with Gasteiger partial charge in [-0.15, -0.1) is 0 Å². The number of carbonyl (C=O) groups excluding carboxylic acids is 2. The van der Waals surface area contributed by atoms with Crippen LogP contribution in [0.4, 0.5) is 0 Å². The highest BCUT2D eigenvalue weighted by molar-refractivity contribution is 6.46. The molecule has 176 valence electrons. The maximum atomic E-state index is 13.1. The molecule has 1 fully saturated rings. The molecule has 1 aliphatic heterocycles. The molecule has 3 rings (SSSR count). The van der Waals surface area contributed by atoms with Gasteiger partial charge in [0, 0.05) is 18.7 Å². The van der Waals surface area contributed by atoms with Crippen LogP contribution in [0, 0.1) is 0 Å². The fourth-order valence-electron chi connectivity index (χ4n) is 3.85. The molecule has 7 nitrogen and oxygen atoms in total. The molecule has 1 aliphatic rings. The summed E-state index contributed by atoms with van der Waals surface area (Å²) in [5.41, 5.74) is 1.18. The van der Waals surface area contributed by atoms with Gasteiger partial charge in [0.05, 0.1) is 31.4 Å². The number of hydrogen-bond acceptors (Lipinski definition) is 6. The smallest absolute Gasteiger partial charge is 0.295 e. The van der Waals surface area contributed by atoms with Crippen LogP contribution in [0.25, 0.3) is 5.76 Å². The van der Waals surface area contributed by atoms with Crippen LogP contribution in [-0.4, -0.2) is 54.7 Å². The Morgan fingerprint density at radius 3 is 2.45 bits per heavy atom. The number of likely N-dealkylation sites (tertiary alicyclic amines) is 1. The third-order valence-electron chi connectivity index (χ3n) is 5.38. The fraction of sp³-hybridized carbons (Fsp3) is 0.385. The van der Waals surface area contributed by atoms with Gasteiger partial charge in [-0.2, -0.15) is 0 Å². The van der Waals surface area contributed by atoms with Crippen molar-refractivity contribution in [2.45, 2.75) is 39.3 Å². The van der Waals surface area contributed by atoms with Gasteiger partial charge >= 0.3 is 0 Å². The second kappa shape index (κ2) is 11.0. The predicted octanol–water partition coefficient (Wildman–Crippen LogP) is 4.33. The summed E-state index contributed by atoms with van der Waals surface area (Å²) in [6.45, 7) is 7.11. The lowest BCUT2D eigenvalue weighted by atomic mass is 9.95. The predicted molar refractivity (Wildman–Crippen MR) is 125 cm³/mol. The number of carbonyl (C=O) groups is 2. The number of aliphatic hydroxyl groups is 1. The van der Waals surface area contributed by atoms with Gasteiger partial charge in [0.1, 0.15) is 17.3 Å². The molecule has 2 aromatic rings. The number of aliphatic hydroxyl groups excluding tert-OH is 1. The number of nitrogens with zero attached hydrogens (tertiary/aromatic N) is 1. The monoisotopic (exact) mass is 453 g/mol. The third kappa shape index (κ3) is 5.54. The molecule has 1 N–H and O–H groups in total. The first-order chi connectivity index (χ1) is 15.9. The molecular weight excluding hydrogens is 422 g/mol. The Kier molecular flexibility index (Phi) is 8.11. The molecule has 0 saturated carbocycles. The van der Waals surface area contributed by atoms with Crippen LogP contribution in [-0.2, 0) is 14.3 Å². The summed E-state index contributed by atoms with van der Waals surface area (Å²) in [5.74, 6) is -0.345. The Hall–Kier alpha value is -3.32. The zero-order valence-corrected chi connectivity index (χ0v) is 19.5. The van der Waals surface area contributed by atoms with Crippen LogP contribution in [0.15, 0.2) is 54.1 Å². The van der Waals surface area contributed by atoms with E-state index in [1.54, 1.807) is 36.4 Å².